The van der Waals surface area contributed by atoms with Crippen LogP contribution in [0.15, 0.2) is 41.7 Å². The molecule has 1 rings (SSSR count). The van der Waals surface area contributed by atoms with Gasteiger partial charge in [0.05, 0.1) is 18.2 Å². The maximum Gasteiger partial charge on any atom is 0.372 e. The van der Waals surface area contributed by atoms with Gasteiger partial charge in [-0.2, -0.15) is 0 Å². The first-order valence-electron chi connectivity index (χ1n) is 5.83. The van der Waals surface area contributed by atoms with E-state index in [0.29, 0.717) is 0 Å². The summed E-state index contributed by atoms with van der Waals surface area (Å²) in [7, 11) is 1.12. The van der Waals surface area contributed by atoms with Gasteiger partial charge in [0.1, 0.15) is 0 Å². The van der Waals surface area contributed by atoms with Crippen LogP contribution in [0.2, 0.25) is 0 Å². The number of rotatable bonds is 5. The fourth-order valence-corrected chi connectivity index (χ4v) is 1.48. The SMILES string of the molecule is CC/C(C(=O)OC)=C(\OC(=O)c1ccccc1)C(=O)O. The lowest BCUT2D eigenvalue weighted by molar-refractivity contribution is -0.140. The van der Waals surface area contributed by atoms with E-state index in [9.17, 15) is 14.4 Å². The summed E-state index contributed by atoms with van der Waals surface area (Å²) >= 11 is 0. The average Bonchev–Trinajstić information content (AvgIpc) is 2.47. The second-order valence-corrected chi connectivity index (χ2v) is 3.71. The van der Waals surface area contributed by atoms with Crippen LogP contribution in [0.1, 0.15) is 23.7 Å². The molecular weight excluding hydrogens is 264 g/mol. The maximum atomic E-state index is 11.8. The van der Waals surface area contributed by atoms with Crippen molar-refractivity contribution in [2.24, 2.45) is 0 Å². The first-order valence-corrected chi connectivity index (χ1v) is 5.83. The molecule has 1 aromatic carbocycles. The summed E-state index contributed by atoms with van der Waals surface area (Å²) in [4.78, 5) is 34.4. The first-order chi connectivity index (χ1) is 9.51. The molecule has 106 valence electrons. The Morgan fingerprint density at radius 3 is 2.20 bits per heavy atom. The van der Waals surface area contributed by atoms with E-state index in [4.69, 9.17) is 9.84 Å². The third-order valence-electron chi connectivity index (χ3n) is 2.46. The number of carboxylic acid groups (broad SMARTS) is 1. The van der Waals surface area contributed by atoms with Gasteiger partial charge in [-0.3, -0.25) is 0 Å². The molecule has 6 heteroatoms. The van der Waals surface area contributed by atoms with Crippen molar-refractivity contribution in [3.63, 3.8) is 0 Å². The van der Waals surface area contributed by atoms with Gasteiger partial charge in [-0.05, 0) is 18.6 Å². The molecule has 0 spiro atoms. The molecule has 0 saturated carbocycles. The Morgan fingerprint density at radius 2 is 1.75 bits per heavy atom. The average molecular weight is 278 g/mol. The predicted octanol–water partition coefficient (Wildman–Crippen LogP) is 1.77. The van der Waals surface area contributed by atoms with E-state index >= 15 is 0 Å². The highest BCUT2D eigenvalue weighted by atomic mass is 16.6. The molecule has 0 saturated heterocycles. The predicted molar refractivity (Wildman–Crippen MR) is 68.8 cm³/mol. The van der Waals surface area contributed by atoms with Gasteiger partial charge >= 0.3 is 17.9 Å². The van der Waals surface area contributed by atoms with E-state index in [1.54, 1.807) is 25.1 Å². The van der Waals surface area contributed by atoms with Crippen LogP contribution in [0.3, 0.4) is 0 Å². The Morgan fingerprint density at radius 1 is 1.15 bits per heavy atom. The highest BCUT2D eigenvalue weighted by molar-refractivity contribution is 6.01. The van der Waals surface area contributed by atoms with Crippen molar-refractivity contribution in [2.75, 3.05) is 7.11 Å². The summed E-state index contributed by atoms with van der Waals surface area (Å²) in [6.07, 6.45) is 0.0658. The summed E-state index contributed by atoms with van der Waals surface area (Å²) in [6, 6.07) is 7.89. The van der Waals surface area contributed by atoms with E-state index in [-0.39, 0.29) is 17.6 Å². The Bertz CT molecular complexity index is 544. The maximum absolute atomic E-state index is 11.8. The largest absolute Gasteiger partial charge is 0.475 e. The number of carbonyl (C=O) groups excluding carboxylic acids is 2. The molecular formula is C14H14O6. The van der Waals surface area contributed by atoms with Crippen molar-refractivity contribution in [3.8, 4) is 0 Å². The minimum Gasteiger partial charge on any atom is -0.475 e. The first kappa shape index (κ1) is 15.4. The Labute approximate surface area is 115 Å². The minimum atomic E-state index is -1.50. The quantitative estimate of drug-likeness (QED) is 0.501. The number of esters is 2. The van der Waals surface area contributed by atoms with Gasteiger partial charge in [-0.1, -0.05) is 25.1 Å². The normalized spacial score (nSPS) is 11.3. The van der Waals surface area contributed by atoms with Crippen LogP contribution in [0, 0.1) is 0 Å². The molecule has 0 amide bonds. The van der Waals surface area contributed by atoms with E-state index in [0.717, 1.165) is 7.11 Å². The topological polar surface area (TPSA) is 89.9 Å². The standard InChI is InChI=1S/C14H14O6/c1-3-10(14(18)19-2)11(12(15)16)20-13(17)9-7-5-4-6-8-9/h4-8H,3H2,1-2H3,(H,15,16)/b11-10+. The van der Waals surface area contributed by atoms with Gasteiger partial charge in [-0.15, -0.1) is 0 Å². The van der Waals surface area contributed by atoms with Crippen LogP contribution in [-0.2, 0) is 19.1 Å². The van der Waals surface area contributed by atoms with E-state index in [2.05, 4.69) is 4.74 Å². The molecule has 0 heterocycles. The number of methoxy groups -OCH3 is 1. The van der Waals surface area contributed by atoms with Gasteiger partial charge in [0.25, 0.3) is 0 Å². The van der Waals surface area contributed by atoms with Crippen LogP contribution in [-0.4, -0.2) is 30.1 Å². The zero-order valence-corrected chi connectivity index (χ0v) is 11.1. The number of hydrogen-bond donors (Lipinski definition) is 1. The summed E-state index contributed by atoms with van der Waals surface area (Å²) in [5, 5.41) is 9.07. The summed E-state index contributed by atoms with van der Waals surface area (Å²) < 4.78 is 9.28. The number of hydrogen-bond acceptors (Lipinski definition) is 5. The smallest absolute Gasteiger partial charge is 0.372 e. The van der Waals surface area contributed by atoms with Crippen molar-refractivity contribution in [1.29, 1.82) is 0 Å². The number of carboxylic acids is 1. The number of ether oxygens (including phenoxy) is 2. The van der Waals surface area contributed by atoms with Gasteiger partial charge in [-0.25, -0.2) is 14.4 Å². The van der Waals surface area contributed by atoms with Gasteiger partial charge in [0.2, 0.25) is 5.76 Å². The molecule has 20 heavy (non-hydrogen) atoms. The fourth-order valence-electron chi connectivity index (χ4n) is 1.48. The second-order valence-electron chi connectivity index (χ2n) is 3.71. The van der Waals surface area contributed by atoms with Crippen LogP contribution in [0.4, 0.5) is 0 Å². The summed E-state index contributed by atoms with van der Waals surface area (Å²) in [5.74, 6) is -3.91. The third kappa shape index (κ3) is 3.68. The van der Waals surface area contributed by atoms with Crippen molar-refractivity contribution in [1.82, 2.24) is 0 Å². The van der Waals surface area contributed by atoms with Crippen molar-refractivity contribution >= 4 is 17.9 Å². The molecule has 0 aliphatic carbocycles. The lowest BCUT2D eigenvalue weighted by atomic mass is 10.1. The highest BCUT2D eigenvalue weighted by Crippen LogP contribution is 2.15. The third-order valence-corrected chi connectivity index (χ3v) is 2.46. The Balaban J connectivity index is 3.10. The minimum absolute atomic E-state index is 0.0658. The molecule has 0 aliphatic heterocycles. The number of carbonyl (C=O) groups is 3. The molecule has 1 N–H and O–H groups in total. The molecule has 0 aliphatic rings. The van der Waals surface area contributed by atoms with Crippen molar-refractivity contribution in [3.05, 3.63) is 47.2 Å². The Kier molecular flexibility index (Phi) is 5.46. The molecule has 0 bridgehead atoms. The monoisotopic (exact) mass is 278 g/mol. The molecule has 0 atom stereocenters. The lowest BCUT2D eigenvalue weighted by Gasteiger charge is -2.09. The lowest BCUT2D eigenvalue weighted by Crippen LogP contribution is -2.18. The second kappa shape index (κ2) is 7.08. The van der Waals surface area contributed by atoms with Gasteiger partial charge in [0.15, 0.2) is 0 Å². The summed E-state index contributed by atoms with van der Waals surface area (Å²) in [6.45, 7) is 1.56. The van der Waals surface area contributed by atoms with Crippen molar-refractivity contribution < 1.29 is 29.0 Å². The molecule has 1 aromatic rings. The van der Waals surface area contributed by atoms with E-state index < -0.39 is 23.7 Å². The molecule has 6 nitrogen and oxygen atoms in total. The zero-order valence-electron chi connectivity index (χ0n) is 11.1. The summed E-state index contributed by atoms with van der Waals surface area (Å²) in [5.41, 5.74) is -0.0177. The highest BCUT2D eigenvalue weighted by Gasteiger charge is 2.24. The number of aliphatic carboxylic acids is 1. The number of benzene rings is 1. The van der Waals surface area contributed by atoms with Crippen LogP contribution >= 0.6 is 0 Å². The van der Waals surface area contributed by atoms with Crippen LogP contribution in [0.5, 0.6) is 0 Å². The van der Waals surface area contributed by atoms with Crippen LogP contribution < -0.4 is 0 Å². The fraction of sp³-hybridized carbons (Fsp3) is 0.214. The molecule has 0 aromatic heterocycles. The zero-order chi connectivity index (χ0) is 15.1. The molecule has 0 unspecified atom stereocenters. The van der Waals surface area contributed by atoms with Gasteiger partial charge < -0.3 is 14.6 Å². The Hall–Kier alpha value is -2.63. The van der Waals surface area contributed by atoms with Gasteiger partial charge in [0, 0.05) is 0 Å². The van der Waals surface area contributed by atoms with E-state index in [1.807, 2.05) is 0 Å². The van der Waals surface area contributed by atoms with E-state index in [1.165, 1.54) is 12.1 Å². The molecule has 0 radical (unpaired) electrons. The molecule has 0 fully saturated rings. The van der Waals surface area contributed by atoms with Crippen LogP contribution in [0.25, 0.3) is 0 Å². The van der Waals surface area contributed by atoms with Crippen molar-refractivity contribution in [2.45, 2.75) is 13.3 Å².